The number of imidazole rings is 1. The van der Waals surface area contributed by atoms with Crippen LogP contribution in [0.3, 0.4) is 0 Å². The molecule has 11 heteroatoms. The van der Waals surface area contributed by atoms with Crippen molar-refractivity contribution in [2.75, 3.05) is 25.2 Å². The third-order valence-electron chi connectivity index (χ3n) is 3.22. The first-order chi connectivity index (χ1) is 11.3. The fraction of sp³-hybridized carbons (Fsp3) is 0.462. The second-order valence-corrected chi connectivity index (χ2v) is 6.79. The van der Waals surface area contributed by atoms with E-state index in [1.165, 1.54) is 0 Å². The Morgan fingerprint density at radius 2 is 2.29 bits per heavy atom. The zero-order valence-electron chi connectivity index (χ0n) is 13.3. The number of aromatic nitrogens is 4. The SMILES string of the molecule is C=CCNC(C)c1nc(N)nc2c1ncn2CCOCP(=O)(O)O. The number of nitrogens with zero attached hydrogens (tertiary/aromatic N) is 4. The van der Waals surface area contributed by atoms with Gasteiger partial charge in [0.1, 0.15) is 11.9 Å². The van der Waals surface area contributed by atoms with Crippen LogP contribution in [0.5, 0.6) is 0 Å². The molecule has 24 heavy (non-hydrogen) atoms. The highest BCUT2D eigenvalue weighted by molar-refractivity contribution is 7.51. The Hall–Kier alpha value is -1.84. The largest absolute Gasteiger partial charge is 0.368 e. The van der Waals surface area contributed by atoms with E-state index in [1.54, 1.807) is 17.0 Å². The average Bonchev–Trinajstić information content (AvgIpc) is 2.90. The molecule has 0 aliphatic carbocycles. The number of anilines is 1. The Morgan fingerprint density at radius 3 is 2.96 bits per heavy atom. The highest BCUT2D eigenvalue weighted by Gasteiger charge is 2.17. The van der Waals surface area contributed by atoms with Crippen molar-refractivity contribution in [1.82, 2.24) is 24.8 Å². The molecule has 0 aliphatic heterocycles. The second-order valence-electron chi connectivity index (χ2n) is 5.20. The molecule has 1 atom stereocenters. The number of fused-ring (bicyclic) bond motifs is 1. The minimum absolute atomic E-state index is 0.0925. The first-order valence-corrected chi connectivity index (χ1v) is 9.06. The van der Waals surface area contributed by atoms with E-state index in [1.807, 2.05) is 6.92 Å². The lowest BCUT2D eigenvalue weighted by atomic mass is 10.2. The van der Waals surface area contributed by atoms with Gasteiger partial charge in [-0.05, 0) is 6.92 Å². The maximum absolute atomic E-state index is 10.8. The molecule has 0 aromatic carbocycles. The topological polar surface area (TPSA) is 148 Å². The summed E-state index contributed by atoms with van der Waals surface area (Å²) < 4.78 is 17.4. The van der Waals surface area contributed by atoms with E-state index in [0.29, 0.717) is 29.9 Å². The van der Waals surface area contributed by atoms with Crippen molar-refractivity contribution >= 4 is 24.7 Å². The average molecular weight is 356 g/mol. The summed E-state index contributed by atoms with van der Waals surface area (Å²) in [6.45, 7) is 6.66. The maximum Gasteiger partial charge on any atom is 0.350 e. The quantitative estimate of drug-likeness (QED) is 0.284. The van der Waals surface area contributed by atoms with Gasteiger partial charge in [0, 0.05) is 19.1 Å². The zero-order chi connectivity index (χ0) is 17.7. The number of ether oxygens (including phenoxy) is 1. The lowest BCUT2D eigenvalue weighted by Gasteiger charge is -2.13. The maximum atomic E-state index is 10.8. The Morgan fingerprint density at radius 1 is 1.54 bits per heavy atom. The van der Waals surface area contributed by atoms with Crippen LogP contribution in [-0.4, -0.2) is 48.8 Å². The van der Waals surface area contributed by atoms with Crippen LogP contribution in [0.1, 0.15) is 18.7 Å². The number of nitrogen functional groups attached to an aromatic ring is 1. The number of nitrogens with two attached hydrogens (primary N) is 1. The van der Waals surface area contributed by atoms with Crippen molar-refractivity contribution < 1.29 is 19.1 Å². The van der Waals surface area contributed by atoms with Crippen LogP contribution < -0.4 is 11.1 Å². The van der Waals surface area contributed by atoms with Gasteiger partial charge in [-0.1, -0.05) is 6.08 Å². The zero-order valence-corrected chi connectivity index (χ0v) is 14.2. The molecule has 0 amide bonds. The molecule has 2 rings (SSSR count). The molecule has 5 N–H and O–H groups in total. The Bertz CT molecular complexity index is 758. The van der Waals surface area contributed by atoms with Crippen molar-refractivity contribution in [2.45, 2.75) is 19.5 Å². The Kier molecular flexibility index (Phi) is 6.03. The molecule has 0 fully saturated rings. The fourth-order valence-corrected chi connectivity index (χ4v) is 2.52. The van der Waals surface area contributed by atoms with Crippen LogP contribution in [0.15, 0.2) is 19.0 Å². The van der Waals surface area contributed by atoms with Gasteiger partial charge in [-0.25, -0.2) is 9.97 Å². The molecule has 0 bridgehead atoms. The first kappa shape index (κ1) is 18.5. The van der Waals surface area contributed by atoms with Crippen LogP contribution >= 0.6 is 7.60 Å². The van der Waals surface area contributed by atoms with Crippen LogP contribution in [0.25, 0.3) is 11.2 Å². The molecule has 0 saturated carbocycles. The first-order valence-electron chi connectivity index (χ1n) is 7.26. The van der Waals surface area contributed by atoms with Gasteiger partial charge in [0.05, 0.1) is 18.6 Å². The van der Waals surface area contributed by atoms with Gasteiger partial charge in [0.2, 0.25) is 5.95 Å². The predicted octanol–water partition coefficient (Wildman–Crippen LogP) is 0.397. The van der Waals surface area contributed by atoms with Crippen molar-refractivity contribution in [3.63, 3.8) is 0 Å². The molecule has 10 nitrogen and oxygen atoms in total. The van der Waals surface area contributed by atoms with E-state index in [0.717, 1.165) is 0 Å². The van der Waals surface area contributed by atoms with Gasteiger partial charge in [-0.3, -0.25) is 4.57 Å². The lowest BCUT2D eigenvalue weighted by Crippen LogP contribution is -2.20. The summed E-state index contributed by atoms with van der Waals surface area (Å²) in [6, 6.07) is -0.0925. The van der Waals surface area contributed by atoms with Crippen LogP contribution in [0, 0.1) is 0 Å². The summed E-state index contributed by atoms with van der Waals surface area (Å²) in [7, 11) is -4.17. The van der Waals surface area contributed by atoms with Crippen LogP contribution in [-0.2, 0) is 15.8 Å². The Labute approximate surface area is 138 Å². The molecule has 2 aromatic rings. The highest BCUT2D eigenvalue weighted by atomic mass is 31.2. The van der Waals surface area contributed by atoms with E-state index in [9.17, 15) is 4.57 Å². The van der Waals surface area contributed by atoms with Crippen molar-refractivity contribution in [2.24, 2.45) is 0 Å². The standard InChI is InChI=1S/C13H21N6O4P/c1-3-4-15-9(2)10-11-12(18-13(14)17-10)19(7-16-11)5-6-23-8-24(20,21)22/h3,7,9,15H,1,4-6,8H2,2H3,(H2,14,17,18)(H2,20,21,22). The lowest BCUT2D eigenvalue weighted by molar-refractivity contribution is 0.149. The van der Waals surface area contributed by atoms with Crippen LogP contribution in [0.2, 0.25) is 0 Å². The van der Waals surface area contributed by atoms with Gasteiger partial charge in [-0.2, -0.15) is 4.98 Å². The molecular formula is C13H21N6O4P. The third kappa shape index (κ3) is 4.83. The van der Waals surface area contributed by atoms with Gasteiger partial charge < -0.3 is 30.1 Å². The summed E-state index contributed by atoms with van der Waals surface area (Å²) in [5, 5.41) is 3.22. The minimum atomic E-state index is -4.17. The van der Waals surface area contributed by atoms with Crippen molar-refractivity contribution in [3.8, 4) is 0 Å². The summed E-state index contributed by atoms with van der Waals surface area (Å²) in [5.41, 5.74) is 7.62. The van der Waals surface area contributed by atoms with Gasteiger partial charge in [0.25, 0.3) is 0 Å². The fourth-order valence-electron chi connectivity index (χ4n) is 2.15. The van der Waals surface area contributed by atoms with Crippen molar-refractivity contribution in [3.05, 3.63) is 24.7 Å². The number of nitrogens with one attached hydrogen (secondary N) is 1. The molecule has 132 valence electrons. The molecule has 2 heterocycles. The van der Waals surface area contributed by atoms with Crippen molar-refractivity contribution in [1.29, 1.82) is 0 Å². The van der Waals surface area contributed by atoms with E-state index >= 15 is 0 Å². The summed E-state index contributed by atoms with van der Waals surface area (Å²) in [5.74, 6) is 0.127. The summed E-state index contributed by atoms with van der Waals surface area (Å²) >= 11 is 0. The summed E-state index contributed by atoms with van der Waals surface area (Å²) in [6.07, 6.45) is 2.70. The highest BCUT2D eigenvalue weighted by Crippen LogP contribution is 2.33. The smallest absolute Gasteiger partial charge is 0.350 e. The molecule has 0 spiro atoms. The Balaban J connectivity index is 2.17. The van der Waals surface area contributed by atoms with E-state index < -0.39 is 13.9 Å². The predicted molar refractivity (Wildman–Crippen MR) is 89.2 cm³/mol. The molecular weight excluding hydrogens is 335 g/mol. The van der Waals surface area contributed by atoms with E-state index in [-0.39, 0.29) is 18.6 Å². The van der Waals surface area contributed by atoms with E-state index in [2.05, 4.69) is 26.8 Å². The second kappa shape index (κ2) is 7.82. The van der Waals surface area contributed by atoms with Gasteiger partial charge in [0.15, 0.2) is 5.65 Å². The normalized spacial score (nSPS) is 13.3. The van der Waals surface area contributed by atoms with Crippen LogP contribution in [0.4, 0.5) is 5.95 Å². The molecule has 0 radical (unpaired) electrons. The summed E-state index contributed by atoms with van der Waals surface area (Å²) in [4.78, 5) is 30.3. The van der Waals surface area contributed by atoms with Gasteiger partial charge in [-0.15, -0.1) is 6.58 Å². The van der Waals surface area contributed by atoms with Gasteiger partial charge >= 0.3 is 7.60 Å². The number of hydrogen-bond acceptors (Lipinski definition) is 7. The monoisotopic (exact) mass is 356 g/mol. The minimum Gasteiger partial charge on any atom is -0.368 e. The molecule has 0 aliphatic rings. The molecule has 2 aromatic heterocycles. The number of rotatable bonds is 9. The molecule has 0 saturated heterocycles. The third-order valence-corrected chi connectivity index (χ3v) is 3.74. The molecule has 1 unspecified atom stereocenters. The van der Waals surface area contributed by atoms with E-state index in [4.69, 9.17) is 20.3 Å². The number of hydrogen-bond donors (Lipinski definition) is 4.